The second-order valence-corrected chi connectivity index (χ2v) is 4.84. The topological polar surface area (TPSA) is 35.0 Å². The van der Waals surface area contributed by atoms with Gasteiger partial charge in [-0.25, -0.2) is 0 Å². The van der Waals surface area contributed by atoms with Gasteiger partial charge in [0.05, 0.1) is 12.3 Å². The standard InChI is InChI=1S/C13H20N2O/c1-5-9(4)12-13-10(6-7-16-13)11(8(2)3)14-15-12/h8-9H,5-7H2,1-4H3. The maximum atomic E-state index is 5.74. The van der Waals surface area contributed by atoms with Crippen molar-refractivity contribution in [2.24, 2.45) is 0 Å². The van der Waals surface area contributed by atoms with Gasteiger partial charge in [-0.2, -0.15) is 10.2 Å². The van der Waals surface area contributed by atoms with Gasteiger partial charge in [0, 0.05) is 17.9 Å². The van der Waals surface area contributed by atoms with Gasteiger partial charge < -0.3 is 4.74 Å². The summed E-state index contributed by atoms with van der Waals surface area (Å²) in [6.45, 7) is 9.45. The molecule has 3 heteroatoms. The first-order valence-corrected chi connectivity index (χ1v) is 6.17. The van der Waals surface area contributed by atoms with Crippen LogP contribution in [0.3, 0.4) is 0 Å². The fraction of sp³-hybridized carbons (Fsp3) is 0.692. The lowest BCUT2D eigenvalue weighted by atomic mass is 9.97. The smallest absolute Gasteiger partial charge is 0.148 e. The summed E-state index contributed by atoms with van der Waals surface area (Å²) in [5.74, 6) is 1.88. The Kier molecular flexibility index (Phi) is 3.13. The molecule has 1 aliphatic rings. The van der Waals surface area contributed by atoms with Gasteiger partial charge in [-0.15, -0.1) is 0 Å². The summed E-state index contributed by atoms with van der Waals surface area (Å²) in [6.07, 6.45) is 2.06. The summed E-state index contributed by atoms with van der Waals surface area (Å²) in [5.41, 5.74) is 3.44. The number of aromatic nitrogens is 2. The molecule has 0 bridgehead atoms. The molecule has 0 saturated carbocycles. The van der Waals surface area contributed by atoms with Crippen molar-refractivity contribution in [1.29, 1.82) is 0 Å². The first kappa shape index (κ1) is 11.4. The van der Waals surface area contributed by atoms with E-state index in [2.05, 4.69) is 37.9 Å². The predicted molar refractivity (Wildman–Crippen MR) is 64.0 cm³/mol. The molecule has 0 radical (unpaired) electrons. The summed E-state index contributed by atoms with van der Waals surface area (Å²) < 4.78 is 5.74. The van der Waals surface area contributed by atoms with E-state index in [1.807, 2.05) is 0 Å². The highest BCUT2D eigenvalue weighted by Crippen LogP contribution is 2.36. The van der Waals surface area contributed by atoms with E-state index in [9.17, 15) is 0 Å². The molecule has 3 nitrogen and oxygen atoms in total. The SMILES string of the molecule is CCC(C)c1nnc(C(C)C)c2c1OCC2. The average molecular weight is 220 g/mol. The van der Waals surface area contributed by atoms with E-state index in [0.29, 0.717) is 11.8 Å². The minimum Gasteiger partial charge on any atom is -0.491 e. The lowest BCUT2D eigenvalue weighted by Crippen LogP contribution is -2.06. The van der Waals surface area contributed by atoms with Crippen molar-refractivity contribution in [3.05, 3.63) is 17.0 Å². The van der Waals surface area contributed by atoms with Crippen molar-refractivity contribution in [3.63, 3.8) is 0 Å². The molecule has 0 saturated heterocycles. The molecule has 0 spiro atoms. The molecule has 2 heterocycles. The van der Waals surface area contributed by atoms with Crippen molar-refractivity contribution < 1.29 is 4.74 Å². The van der Waals surface area contributed by atoms with Gasteiger partial charge in [0.1, 0.15) is 11.4 Å². The monoisotopic (exact) mass is 220 g/mol. The molecule has 1 atom stereocenters. The van der Waals surface area contributed by atoms with Gasteiger partial charge in [0.2, 0.25) is 0 Å². The number of nitrogens with zero attached hydrogens (tertiary/aromatic N) is 2. The van der Waals surface area contributed by atoms with Gasteiger partial charge in [0.25, 0.3) is 0 Å². The van der Waals surface area contributed by atoms with E-state index in [4.69, 9.17) is 4.74 Å². The highest BCUT2D eigenvalue weighted by molar-refractivity contribution is 5.44. The van der Waals surface area contributed by atoms with E-state index in [0.717, 1.165) is 36.6 Å². The van der Waals surface area contributed by atoms with Crippen LogP contribution >= 0.6 is 0 Å². The highest BCUT2D eigenvalue weighted by Gasteiger charge is 2.25. The molecule has 1 aromatic heterocycles. The lowest BCUT2D eigenvalue weighted by Gasteiger charge is -2.14. The maximum absolute atomic E-state index is 5.74. The summed E-state index contributed by atoms with van der Waals surface area (Å²) in [4.78, 5) is 0. The van der Waals surface area contributed by atoms with Crippen LogP contribution in [0, 0.1) is 0 Å². The number of hydrogen-bond donors (Lipinski definition) is 0. The van der Waals surface area contributed by atoms with Gasteiger partial charge in [-0.3, -0.25) is 0 Å². The minimum absolute atomic E-state index is 0.425. The molecule has 0 aliphatic carbocycles. The van der Waals surface area contributed by atoms with E-state index in [1.54, 1.807) is 0 Å². The molecule has 2 rings (SSSR count). The normalized spacial score (nSPS) is 16.1. The van der Waals surface area contributed by atoms with Crippen molar-refractivity contribution in [1.82, 2.24) is 10.2 Å². The number of rotatable bonds is 3. The third-order valence-electron chi connectivity index (χ3n) is 3.31. The summed E-state index contributed by atoms with van der Waals surface area (Å²) >= 11 is 0. The molecule has 0 fully saturated rings. The van der Waals surface area contributed by atoms with Crippen LogP contribution in [0.2, 0.25) is 0 Å². The molecule has 1 unspecified atom stereocenters. The Morgan fingerprint density at radius 2 is 1.88 bits per heavy atom. The zero-order valence-electron chi connectivity index (χ0n) is 10.6. The number of fused-ring (bicyclic) bond motifs is 1. The van der Waals surface area contributed by atoms with Crippen LogP contribution in [0.1, 0.15) is 62.9 Å². The molecule has 1 aliphatic heterocycles. The fourth-order valence-corrected chi connectivity index (χ4v) is 2.12. The minimum atomic E-state index is 0.425. The molecule has 0 amide bonds. The predicted octanol–water partition coefficient (Wildman–Crippen LogP) is 3.05. The maximum Gasteiger partial charge on any atom is 0.148 e. The Morgan fingerprint density at radius 1 is 1.19 bits per heavy atom. The van der Waals surface area contributed by atoms with Gasteiger partial charge in [0.15, 0.2) is 0 Å². The quantitative estimate of drug-likeness (QED) is 0.785. The average Bonchev–Trinajstić information content (AvgIpc) is 2.75. The lowest BCUT2D eigenvalue weighted by molar-refractivity contribution is 0.348. The summed E-state index contributed by atoms with van der Waals surface area (Å²) in [5, 5.41) is 8.76. The molecule has 0 N–H and O–H groups in total. The zero-order valence-corrected chi connectivity index (χ0v) is 10.6. The second kappa shape index (κ2) is 4.40. The van der Waals surface area contributed by atoms with Crippen molar-refractivity contribution in [3.8, 4) is 5.75 Å². The van der Waals surface area contributed by atoms with E-state index in [1.165, 1.54) is 5.56 Å². The molecule has 1 aromatic rings. The van der Waals surface area contributed by atoms with Crippen LogP contribution in [0.15, 0.2) is 0 Å². The van der Waals surface area contributed by atoms with Crippen LogP contribution in [-0.2, 0) is 6.42 Å². The molecular formula is C13H20N2O. The molecule has 16 heavy (non-hydrogen) atoms. The van der Waals surface area contributed by atoms with Crippen LogP contribution < -0.4 is 4.74 Å². The van der Waals surface area contributed by atoms with Crippen LogP contribution in [0.4, 0.5) is 0 Å². The molecule has 0 aromatic carbocycles. The summed E-state index contributed by atoms with van der Waals surface area (Å²) in [7, 11) is 0. The zero-order chi connectivity index (χ0) is 11.7. The Balaban J connectivity index is 2.49. The van der Waals surface area contributed by atoms with Gasteiger partial charge in [-0.05, 0) is 12.3 Å². The molecular weight excluding hydrogens is 200 g/mol. The van der Waals surface area contributed by atoms with E-state index >= 15 is 0 Å². The Hall–Kier alpha value is -1.12. The Bertz CT molecular complexity index is 388. The van der Waals surface area contributed by atoms with Gasteiger partial charge >= 0.3 is 0 Å². The summed E-state index contributed by atoms with van der Waals surface area (Å²) in [6, 6.07) is 0. The second-order valence-electron chi connectivity index (χ2n) is 4.84. The van der Waals surface area contributed by atoms with Gasteiger partial charge in [-0.1, -0.05) is 27.7 Å². The third kappa shape index (κ3) is 1.79. The fourth-order valence-electron chi connectivity index (χ4n) is 2.12. The Labute approximate surface area is 97.2 Å². The van der Waals surface area contributed by atoms with Crippen LogP contribution in [0.25, 0.3) is 0 Å². The van der Waals surface area contributed by atoms with Crippen molar-refractivity contribution in [2.75, 3.05) is 6.61 Å². The number of hydrogen-bond acceptors (Lipinski definition) is 3. The largest absolute Gasteiger partial charge is 0.491 e. The van der Waals surface area contributed by atoms with E-state index < -0.39 is 0 Å². The van der Waals surface area contributed by atoms with E-state index in [-0.39, 0.29) is 0 Å². The highest BCUT2D eigenvalue weighted by atomic mass is 16.5. The van der Waals surface area contributed by atoms with Crippen molar-refractivity contribution >= 4 is 0 Å². The first-order valence-electron chi connectivity index (χ1n) is 6.17. The van der Waals surface area contributed by atoms with Crippen LogP contribution in [0.5, 0.6) is 5.75 Å². The molecule has 88 valence electrons. The van der Waals surface area contributed by atoms with Crippen molar-refractivity contribution in [2.45, 2.75) is 52.4 Å². The Morgan fingerprint density at radius 3 is 2.50 bits per heavy atom. The third-order valence-corrected chi connectivity index (χ3v) is 3.31. The number of ether oxygens (including phenoxy) is 1. The first-order chi connectivity index (χ1) is 7.65. The van der Waals surface area contributed by atoms with Crippen LogP contribution in [-0.4, -0.2) is 16.8 Å².